The van der Waals surface area contributed by atoms with E-state index in [-0.39, 0.29) is 11.8 Å². The maximum absolute atomic E-state index is 13.9. The molecular weight excluding hydrogens is 526 g/mol. The van der Waals surface area contributed by atoms with Crippen LogP contribution in [0.15, 0.2) is 47.4 Å². The quantitative estimate of drug-likeness (QED) is 0.370. The largest absolute Gasteiger partial charge is 0.336 e. The summed E-state index contributed by atoms with van der Waals surface area (Å²) in [4.78, 5) is 34.8. The standard InChI is InChI=1S/C35H45N3O2S/c1-25-12-13-26(2)29(22-25)24-38-31-10-6-7-11-32(31)41-33(35(38)40)23-27-14-16-28(17-15-27)34(39)37-20-18-36(19-21-37)30-8-4-3-5-9-30/h12-17,22-23,30-32H,3-11,18-21,24H2,1-2H3/b33-23-. The van der Waals surface area contributed by atoms with Crippen molar-refractivity contribution < 1.29 is 9.59 Å². The lowest BCUT2D eigenvalue weighted by atomic mass is 9.92. The summed E-state index contributed by atoms with van der Waals surface area (Å²) in [6.45, 7) is 8.54. The molecular formula is C35H45N3O2S. The van der Waals surface area contributed by atoms with Gasteiger partial charge in [0, 0.05) is 55.6 Å². The number of thioether (sulfide) groups is 1. The predicted octanol–water partition coefficient (Wildman–Crippen LogP) is 6.82. The van der Waals surface area contributed by atoms with Gasteiger partial charge in [0.2, 0.25) is 0 Å². The van der Waals surface area contributed by atoms with Crippen molar-refractivity contribution in [2.24, 2.45) is 0 Å². The van der Waals surface area contributed by atoms with E-state index < -0.39 is 0 Å². The van der Waals surface area contributed by atoms with E-state index in [1.807, 2.05) is 35.2 Å². The van der Waals surface area contributed by atoms with Crippen LogP contribution < -0.4 is 0 Å². The van der Waals surface area contributed by atoms with Crippen LogP contribution >= 0.6 is 11.8 Å². The Labute approximate surface area is 250 Å². The van der Waals surface area contributed by atoms with Crippen molar-refractivity contribution in [1.82, 2.24) is 14.7 Å². The third-order valence-corrected chi connectivity index (χ3v) is 11.2. The zero-order chi connectivity index (χ0) is 28.3. The van der Waals surface area contributed by atoms with Gasteiger partial charge in [-0.15, -0.1) is 11.8 Å². The van der Waals surface area contributed by atoms with E-state index in [1.165, 1.54) is 61.6 Å². The van der Waals surface area contributed by atoms with Crippen LogP contribution in [0.2, 0.25) is 0 Å². The molecule has 0 bridgehead atoms. The van der Waals surface area contributed by atoms with Gasteiger partial charge in [-0.2, -0.15) is 0 Å². The van der Waals surface area contributed by atoms with E-state index in [0.29, 0.717) is 23.9 Å². The molecule has 4 fully saturated rings. The molecule has 2 aliphatic heterocycles. The Morgan fingerprint density at radius 2 is 1.59 bits per heavy atom. The van der Waals surface area contributed by atoms with Crippen molar-refractivity contribution in [3.63, 3.8) is 0 Å². The van der Waals surface area contributed by atoms with Gasteiger partial charge in [0.1, 0.15) is 0 Å². The summed E-state index contributed by atoms with van der Waals surface area (Å²) >= 11 is 1.78. The monoisotopic (exact) mass is 571 g/mol. The fourth-order valence-corrected chi connectivity index (χ4v) is 8.78. The van der Waals surface area contributed by atoms with Crippen molar-refractivity contribution >= 4 is 29.7 Å². The van der Waals surface area contributed by atoms with Gasteiger partial charge < -0.3 is 9.80 Å². The van der Waals surface area contributed by atoms with E-state index in [2.05, 4.69) is 41.8 Å². The lowest BCUT2D eigenvalue weighted by Crippen LogP contribution is -2.52. The summed E-state index contributed by atoms with van der Waals surface area (Å²) < 4.78 is 0. The maximum Gasteiger partial charge on any atom is 0.260 e. The second-order valence-corrected chi connectivity index (χ2v) is 13.9. The second-order valence-electron chi connectivity index (χ2n) is 12.6. The Kier molecular flexibility index (Phi) is 8.87. The van der Waals surface area contributed by atoms with E-state index >= 15 is 0 Å². The van der Waals surface area contributed by atoms with Crippen molar-refractivity contribution in [3.8, 4) is 0 Å². The van der Waals surface area contributed by atoms with Gasteiger partial charge in [-0.1, -0.05) is 68.0 Å². The fraction of sp³-hybridized carbons (Fsp3) is 0.543. The molecule has 2 saturated carbocycles. The zero-order valence-electron chi connectivity index (χ0n) is 24.8. The number of amides is 2. The Morgan fingerprint density at radius 3 is 2.34 bits per heavy atom. The minimum Gasteiger partial charge on any atom is -0.336 e. The molecule has 218 valence electrons. The second kappa shape index (κ2) is 12.7. The van der Waals surface area contributed by atoms with E-state index in [0.717, 1.165) is 55.1 Å². The number of aryl methyl sites for hydroxylation is 2. The molecule has 5 nitrogen and oxygen atoms in total. The minimum absolute atomic E-state index is 0.125. The third-order valence-electron chi connectivity index (χ3n) is 9.81. The lowest BCUT2D eigenvalue weighted by molar-refractivity contribution is -0.130. The number of carbonyl (C=O) groups is 2. The number of carbonyl (C=O) groups excluding carboxylic acids is 2. The van der Waals surface area contributed by atoms with Crippen LogP contribution in [0.5, 0.6) is 0 Å². The average molecular weight is 572 g/mol. The van der Waals surface area contributed by atoms with Gasteiger partial charge in [0.05, 0.1) is 4.91 Å². The first-order valence-electron chi connectivity index (χ1n) is 15.8. The van der Waals surface area contributed by atoms with Crippen LogP contribution in [-0.2, 0) is 11.3 Å². The molecule has 4 aliphatic rings. The van der Waals surface area contributed by atoms with Crippen LogP contribution in [0.1, 0.15) is 90.4 Å². The number of rotatable bonds is 5. The molecule has 2 aliphatic carbocycles. The number of benzene rings is 2. The summed E-state index contributed by atoms with van der Waals surface area (Å²) in [6, 6.07) is 15.5. The Morgan fingerprint density at radius 1 is 0.878 bits per heavy atom. The van der Waals surface area contributed by atoms with Gasteiger partial charge >= 0.3 is 0 Å². The normalized spacial score (nSPS) is 25.4. The molecule has 0 spiro atoms. The summed E-state index contributed by atoms with van der Waals surface area (Å²) in [5.41, 5.74) is 5.46. The zero-order valence-corrected chi connectivity index (χ0v) is 25.6. The van der Waals surface area contributed by atoms with Crippen molar-refractivity contribution in [2.45, 2.75) is 95.5 Å². The number of piperazine rings is 1. The highest BCUT2D eigenvalue weighted by Gasteiger charge is 2.40. The van der Waals surface area contributed by atoms with E-state index in [9.17, 15) is 9.59 Å². The molecule has 2 aromatic rings. The molecule has 6 heteroatoms. The molecule has 2 heterocycles. The van der Waals surface area contributed by atoms with Gasteiger partial charge in [-0.3, -0.25) is 14.5 Å². The van der Waals surface area contributed by atoms with Gasteiger partial charge in [-0.05, 0) is 74.4 Å². The molecule has 2 aromatic carbocycles. The highest BCUT2D eigenvalue weighted by atomic mass is 32.2. The van der Waals surface area contributed by atoms with Gasteiger partial charge in [-0.25, -0.2) is 0 Å². The lowest BCUT2D eigenvalue weighted by Gasteiger charge is -2.44. The number of nitrogens with zero attached hydrogens (tertiary/aromatic N) is 3. The van der Waals surface area contributed by atoms with Gasteiger partial charge in [0.15, 0.2) is 0 Å². The molecule has 2 amide bonds. The van der Waals surface area contributed by atoms with Crippen molar-refractivity contribution in [2.75, 3.05) is 26.2 Å². The summed E-state index contributed by atoms with van der Waals surface area (Å²) in [5, 5.41) is 0.450. The Hall–Kier alpha value is -2.57. The fourth-order valence-electron chi connectivity index (χ4n) is 7.31. The van der Waals surface area contributed by atoms with E-state index in [4.69, 9.17) is 0 Å². The Bertz CT molecular complexity index is 1270. The average Bonchev–Trinajstić information content (AvgIpc) is 3.01. The first-order valence-corrected chi connectivity index (χ1v) is 16.7. The van der Waals surface area contributed by atoms with E-state index in [1.54, 1.807) is 11.8 Å². The van der Waals surface area contributed by atoms with Crippen molar-refractivity contribution in [3.05, 3.63) is 75.2 Å². The SMILES string of the molecule is Cc1ccc(C)c(CN2C(=O)/C(=C/c3ccc(C(=O)N4CCN(C5CCCCC5)CC4)cc3)SC3CCCCC32)c1. The van der Waals surface area contributed by atoms with Crippen LogP contribution in [0, 0.1) is 13.8 Å². The minimum atomic E-state index is 0.125. The summed E-state index contributed by atoms with van der Waals surface area (Å²) in [5.74, 6) is 0.274. The molecule has 0 aromatic heterocycles. The van der Waals surface area contributed by atoms with Crippen LogP contribution in [0.25, 0.3) is 6.08 Å². The molecule has 41 heavy (non-hydrogen) atoms. The topological polar surface area (TPSA) is 43.9 Å². The molecule has 2 atom stereocenters. The highest BCUT2D eigenvalue weighted by Crippen LogP contribution is 2.43. The smallest absolute Gasteiger partial charge is 0.260 e. The highest BCUT2D eigenvalue weighted by molar-refractivity contribution is 8.04. The molecule has 6 rings (SSSR count). The number of hydrogen-bond donors (Lipinski definition) is 0. The third kappa shape index (κ3) is 6.44. The van der Waals surface area contributed by atoms with Crippen LogP contribution in [-0.4, -0.2) is 70.0 Å². The number of hydrogen-bond acceptors (Lipinski definition) is 4. The van der Waals surface area contributed by atoms with Crippen molar-refractivity contribution in [1.29, 1.82) is 0 Å². The predicted molar refractivity (Wildman–Crippen MR) is 169 cm³/mol. The maximum atomic E-state index is 13.9. The molecule has 0 N–H and O–H groups in total. The van der Waals surface area contributed by atoms with Crippen LogP contribution in [0.3, 0.4) is 0 Å². The van der Waals surface area contributed by atoms with Crippen LogP contribution in [0.4, 0.5) is 0 Å². The molecule has 0 radical (unpaired) electrons. The first kappa shape index (κ1) is 28.5. The Balaban J connectivity index is 1.13. The molecule has 2 saturated heterocycles. The molecule has 2 unspecified atom stereocenters. The van der Waals surface area contributed by atoms with Gasteiger partial charge in [0.25, 0.3) is 11.8 Å². The first-order chi connectivity index (χ1) is 20.0. The summed E-state index contributed by atoms with van der Waals surface area (Å²) in [6.07, 6.45) is 13.4. The summed E-state index contributed by atoms with van der Waals surface area (Å²) in [7, 11) is 0. The number of fused-ring (bicyclic) bond motifs is 1.